The zero-order chi connectivity index (χ0) is 10.3. The van der Waals surface area contributed by atoms with Crippen LogP contribution < -0.4 is 0 Å². The molecule has 0 aromatic carbocycles. The lowest BCUT2D eigenvalue weighted by molar-refractivity contribution is 0.141. The van der Waals surface area contributed by atoms with Gasteiger partial charge in [-0.1, -0.05) is 12.1 Å². The number of hydrogen-bond donors (Lipinski definition) is 0. The topological polar surface area (TPSA) is 9.23 Å². The Bertz CT molecular complexity index is 315. The van der Waals surface area contributed by atoms with Gasteiger partial charge in [-0.2, -0.15) is 0 Å². The van der Waals surface area contributed by atoms with E-state index in [9.17, 15) is 0 Å². The fourth-order valence-corrected chi connectivity index (χ4v) is 2.74. The summed E-state index contributed by atoms with van der Waals surface area (Å²) in [4.78, 5) is 2.82. The van der Waals surface area contributed by atoms with E-state index in [1.54, 1.807) is 22.7 Å². The molecule has 0 aliphatic carbocycles. The summed E-state index contributed by atoms with van der Waals surface area (Å²) in [6, 6.07) is 8.50. The van der Waals surface area contributed by atoms with Crippen LogP contribution in [0.25, 0.3) is 0 Å². The molecule has 2 aromatic heterocycles. The highest BCUT2D eigenvalue weighted by Gasteiger charge is 1.95. The van der Waals surface area contributed by atoms with Crippen LogP contribution in [0.4, 0.5) is 0 Å². The minimum absolute atomic E-state index is 0.839. The molecule has 2 aromatic rings. The fourth-order valence-electron chi connectivity index (χ4n) is 1.36. The van der Waals surface area contributed by atoms with E-state index in [1.807, 2.05) is 0 Å². The summed E-state index contributed by atoms with van der Waals surface area (Å²) < 4.78 is 5.59. The van der Waals surface area contributed by atoms with Gasteiger partial charge in [0, 0.05) is 22.6 Å². The highest BCUT2D eigenvalue weighted by atomic mass is 32.1. The third kappa shape index (κ3) is 3.78. The summed E-state index contributed by atoms with van der Waals surface area (Å²) in [6.07, 6.45) is 2.09. The van der Waals surface area contributed by atoms with Crippen molar-refractivity contribution in [1.29, 1.82) is 0 Å². The number of hydrogen-bond acceptors (Lipinski definition) is 3. The van der Waals surface area contributed by atoms with Gasteiger partial charge in [0.15, 0.2) is 0 Å². The van der Waals surface area contributed by atoms with Gasteiger partial charge in [0.25, 0.3) is 0 Å². The second-order valence-corrected chi connectivity index (χ2v) is 5.34. The molecule has 0 unspecified atom stereocenters. The molecule has 0 aliphatic rings. The molecule has 2 heterocycles. The van der Waals surface area contributed by atoms with Gasteiger partial charge in [-0.05, 0) is 22.9 Å². The Hall–Kier alpha value is -0.640. The maximum absolute atomic E-state index is 5.59. The highest BCUT2D eigenvalue weighted by Crippen LogP contribution is 2.10. The Kier molecular flexibility index (Phi) is 4.39. The first-order valence-corrected chi connectivity index (χ1v) is 6.83. The minimum Gasteiger partial charge on any atom is -0.381 e. The van der Waals surface area contributed by atoms with Gasteiger partial charge in [0.1, 0.15) is 0 Å². The minimum atomic E-state index is 0.839. The van der Waals surface area contributed by atoms with Gasteiger partial charge in [-0.25, -0.2) is 0 Å². The molecule has 80 valence electrons. The van der Waals surface area contributed by atoms with Crippen molar-refractivity contribution >= 4 is 22.7 Å². The Morgan fingerprint density at radius 3 is 1.80 bits per heavy atom. The van der Waals surface area contributed by atoms with Crippen LogP contribution in [0.1, 0.15) is 9.75 Å². The van der Waals surface area contributed by atoms with Crippen LogP contribution in [0.3, 0.4) is 0 Å². The molecule has 0 saturated carbocycles. The lowest BCUT2D eigenvalue weighted by Crippen LogP contribution is -2.01. The Morgan fingerprint density at radius 1 is 0.867 bits per heavy atom. The summed E-state index contributed by atoms with van der Waals surface area (Å²) in [6.45, 7) is 1.68. The molecule has 2 rings (SSSR count). The maximum Gasteiger partial charge on any atom is 0.0514 e. The van der Waals surface area contributed by atoms with Crippen molar-refractivity contribution in [2.24, 2.45) is 0 Å². The first-order chi connectivity index (χ1) is 7.45. The molecule has 15 heavy (non-hydrogen) atoms. The molecule has 0 saturated heterocycles. The van der Waals surface area contributed by atoms with E-state index < -0.39 is 0 Å². The van der Waals surface area contributed by atoms with Gasteiger partial charge in [-0.3, -0.25) is 0 Å². The second kappa shape index (κ2) is 6.05. The molecular formula is C12H14OS2. The van der Waals surface area contributed by atoms with E-state index in [1.165, 1.54) is 9.75 Å². The summed E-state index contributed by atoms with van der Waals surface area (Å²) in [5.41, 5.74) is 0. The maximum atomic E-state index is 5.59. The van der Waals surface area contributed by atoms with Crippen LogP contribution >= 0.6 is 22.7 Å². The van der Waals surface area contributed by atoms with E-state index in [0.717, 1.165) is 26.1 Å². The predicted molar refractivity (Wildman–Crippen MR) is 66.9 cm³/mol. The molecule has 0 bridgehead atoms. The number of thiophene rings is 2. The average Bonchev–Trinajstić information content (AvgIpc) is 2.88. The first-order valence-electron chi connectivity index (χ1n) is 5.07. The molecule has 0 spiro atoms. The van der Waals surface area contributed by atoms with Gasteiger partial charge >= 0.3 is 0 Å². The molecule has 0 atom stereocenters. The average molecular weight is 238 g/mol. The van der Waals surface area contributed by atoms with Crippen molar-refractivity contribution in [3.63, 3.8) is 0 Å². The number of rotatable bonds is 6. The lowest BCUT2D eigenvalue weighted by atomic mass is 10.3. The van der Waals surface area contributed by atoms with Crippen LogP contribution in [0.5, 0.6) is 0 Å². The van der Waals surface area contributed by atoms with Crippen LogP contribution in [0.2, 0.25) is 0 Å². The number of ether oxygens (including phenoxy) is 1. The SMILES string of the molecule is c1csc(CCOCCc2cccs2)c1. The van der Waals surface area contributed by atoms with E-state index >= 15 is 0 Å². The van der Waals surface area contributed by atoms with E-state index in [4.69, 9.17) is 4.74 Å². The molecular weight excluding hydrogens is 224 g/mol. The summed E-state index contributed by atoms with van der Waals surface area (Å²) >= 11 is 3.60. The molecule has 0 amide bonds. The predicted octanol–water partition coefficient (Wildman–Crippen LogP) is 3.61. The van der Waals surface area contributed by atoms with E-state index in [2.05, 4.69) is 35.0 Å². The van der Waals surface area contributed by atoms with Crippen molar-refractivity contribution in [3.05, 3.63) is 44.8 Å². The zero-order valence-corrected chi connectivity index (χ0v) is 10.2. The molecule has 0 fully saturated rings. The van der Waals surface area contributed by atoms with Crippen molar-refractivity contribution in [2.45, 2.75) is 12.8 Å². The Labute approximate surface area is 98.3 Å². The van der Waals surface area contributed by atoms with Gasteiger partial charge in [0.05, 0.1) is 13.2 Å². The van der Waals surface area contributed by atoms with E-state index in [0.29, 0.717) is 0 Å². The van der Waals surface area contributed by atoms with E-state index in [-0.39, 0.29) is 0 Å². The smallest absolute Gasteiger partial charge is 0.0514 e. The normalized spacial score (nSPS) is 10.7. The third-order valence-corrected chi connectivity index (χ3v) is 4.02. The van der Waals surface area contributed by atoms with Gasteiger partial charge in [0.2, 0.25) is 0 Å². The molecule has 0 aliphatic heterocycles. The Morgan fingerprint density at radius 2 is 1.40 bits per heavy atom. The summed E-state index contributed by atoms with van der Waals surface area (Å²) in [5, 5.41) is 4.22. The Balaban J connectivity index is 1.56. The molecule has 1 nitrogen and oxygen atoms in total. The van der Waals surface area contributed by atoms with Crippen LogP contribution in [0.15, 0.2) is 35.0 Å². The van der Waals surface area contributed by atoms with Crippen molar-refractivity contribution in [1.82, 2.24) is 0 Å². The summed E-state index contributed by atoms with van der Waals surface area (Å²) in [7, 11) is 0. The van der Waals surface area contributed by atoms with Crippen molar-refractivity contribution in [3.8, 4) is 0 Å². The van der Waals surface area contributed by atoms with Crippen LogP contribution in [0, 0.1) is 0 Å². The first kappa shape index (κ1) is 10.9. The molecule has 0 radical (unpaired) electrons. The fraction of sp³-hybridized carbons (Fsp3) is 0.333. The third-order valence-electron chi connectivity index (χ3n) is 2.15. The van der Waals surface area contributed by atoms with Crippen molar-refractivity contribution in [2.75, 3.05) is 13.2 Å². The highest BCUT2D eigenvalue weighted by molar-refractivity contribution is 7.10. The molecule has 3 heteroatoms. The monoisotopic (exact) mass is 238 g/mol. The second-order valence-electron chi connectivity index (χ2n) is 3.27. The lowest BCUT2D eigenvalue weighted by Gasteiger charge is -2.01. The quantitative estimate of drug-likeness (QED) is 0.699. The van der Waals surface area contributed by atoms with Crippen LogP contribution in [-0.2, 0) is 17.6 Å². The zero-order valence-electron chi connectivity index (χ0n) is 8.52. The summed E-state index contributed by atoms with van der Waals surface area (Å²) in [5.74, 6) is 0. The van der Waals surface area contributed by atoms with Gasteiger partial charge < -0.3 is 4.74 Å². The molecule has 0 N–H and O–H groups in total. The standard InChI is InChI=1S/C12H14OS2/c1-3-11(14-9-1)5-7-13-8-6-12-4-2-10-15-12/h1-4,9-10H,5-8H2. The van der Waals surface area contributed by atoms with Gasteiger partial charge in [-0.15, -0.1) is 22.7 Å². The largest absolute Gasteiger partial charge is 0.381 e. The van der Waals surface area contributed by atoms with Crippen LogP contribution in [-0.4, -0.2) is 13.2 Å². The van der Waals surface area contributed by atoms with Crippen molar-refractivity contribution < 1.29 is 4.74 Å².